The van der Waals surface area contributed by atoms with Crippen molar-refractivity contribution in [1.82, 2.24) is 5.32 Å². The Morgan fingerprint density at radius 3 is 2.71 bits per heavy atom. The van der Waals surface area contributed by atoms with Gasteiger partial charge in [-0.3, -0.25) is 10.1 Å². The summed E-state index contributed by atoms with van der Waals surface area (Å²) in [6.07, 6.45) is 1.67. The highest BCUT2D eigenvalue weighted by Crippen LogP contribution is 2.30. The fraction of sp³-hybridized carbons (Fsp3) is 0.154. The number of amides is 1. The summed E-state index contributed by atoms with van der Waals surface area (Å²) >= 11 is 1.21. The number of para-hydroxylation sites is 1. The number of carbonyl (C=O) groups excluding carboxylic acids is 2. The number of hydrogen-bond acceptors (Lipinski definition) is 8. The smallest absolute Gasteiger partial charge is 0.338 e. The van der Waals surface area contributed by atoms with Gasteiger partial charge in [-0.15, -0.1) is 5.10 Å². The van der Waals surface area contributed by atoms with Crippen LogP contribution >= 0.6 is 11.8 Å². The molecular weight excluding hydrogens is 464 g/mol. The lowest BCUT2D eigenvalue weighted by Crippen LogP contribution is -2.20. The largest absolute Gasteiger partial charge is 0.462 e. The third-order valence-corrected chi connectivity index (χ3v) is 6.37. The number of esters is 1. The maximum absolute atomic E-state index is 12.5. The molecule has 1 amide bonds. The molecule has 8 nitrogen and oxygen atoms in total. The molecule has 2 N–H and O–H groups in total. The van der Waals surface area contributed by atoms with E-state index in [0.717, 1.165) is 22.5 Å². The second-order valence-corrected chi connectivity index (χ2v) is 8.90. The third kappa shape index (κ3) is 4.76. The molecule has 1 fully saturated rings. The van der Waals surface area contributed by atoms with E-state index in [-0.39, 0.29) is 17.9 Å². The van der Waals surface area contributed by atoms with Crippen molar-refractivity contribution in [2.24, 2.45) is 10.2 Å². The molecule has 3 heterocycles. The molecule has 0 radical (unpaired) electrons. The molecule has 35 heavy (non-hydrogen) atoms. The first-order chi connectivity index (χ1) is 17.0. The Bertz CT molecular complexity index is 1390. The van der Waals surface area contributed by atoms with Crippen LogP contribution in [0.1, 0.15) is 35.5 Å². The number of nitrogens with one attached hydrogen (secondary N) is 2. The van der Waals surface area contributed by atoms with Crippen LogP contribution in [0.4, 0.5) is 5.69 Å². The van der Waals surface area contributed by atoms with Gasteiger partial charge >= 0.3 is 5.97 Å². The van der Waals surface area contributed by atoms with Crippen LogP contribution in [0.25, 0.3) is 17.4 Å². The first-order valence-corrected chi connectivity index (χ1v) is 11.9. The van der Waals surface area contributed by atoms with Crippen molar-refractivity contribution in [2.75, 3.05) is 11.9 Å². The number of rotatable bonds is 5. The van der Waals surface area contributed by atoms with Crippen LogP contribution < -0.4 is 10.6 Å². The van der Waals surface area contributed by atoms with Crippen molar-refractivity contribution in [1.29, 1.82) is 0 Å². The molecule has 2 aromatic carbocycles. The van der Waals surface area contributed by atoms with Gasteiger partial charge in [-0.2, -0.15) is 5.10 Å². The Labute approximate surface area is 206 Å². The Kier molecular flexibility index (Phi) is 6.24. The number of thioether (sulfide) groups is 1. The molecule has 1 atom stereocenters. The van der Waals surface area contributed by atoms with Crippen molar-refractivity contribution in [3.8, 4) is 11.3 Å². The normalized spacial score (nSPS) is 20.2. The molecule has 9 heteroatoms. The minimum absolute atomic E-state index is 0.0294. The summed E-state index contributed by atoms with van der Waals surface area (Å²) in [5.74, 6) is 0.530. The molecule has 1 saturated heterocycles. The van der Waals surface area contributed by atoms with E-state index >= 15 is 0 Å². The van der Waals surface area contributed by atoms with Crippen LogP contribution in [0, 0.1) is 0 Å². The summed E-state index contributed by atoms with van der Waals surface area (Å²) in [4.78, 5) is 24.7. The lowest BCUT2D eigenvalue weighted by Gasteiger charge is -2.02. The molecule has 2 aliphatic heterocycles. The van der Waals surface area contributed by atoms with Crippen molar-refractivity contribution >= 4 is 46.3 Å². The van der Waals surface area contributed by atoms with Crippen LogP contribution in [-0.4, -0.2) is 35.4 Å². The Morgan fingerprint density at radius 2 is 1.91 bits per heavy atom. The Balaban J connectivity index is 1.30. The molecule has 0 bridgehead atoms. The number of benzene rings is 2. The average molecular weight is 487 g/mol. The van der Waals surface area contributed by atoms with Gasteiger partial charge in [0.15, 0.2) is 5.17 Å². The second-order valence-electron chi connectivity index (χ2n) is 7.87. The van der Waals surface area contributed by atoms with Crippen LogP contribution in [0.15, 0.2) is 80.2 Å². The number of anilines is 1. The zero-order chi connectivity index (χ0) is 24.4. The molecule has 2 aliphatic rings. The van der Waals surface area contributed by atoms with Crippen molar-refractivity contribution in [3.63, 3.8) is 0 Å². The minimum Gasteiger partial charge on any atom is -0.462 e. The van der Waals surface area contributed by atoms with Crippen LogP contribution in [-0.2, 0) is 9.53 Å². The van der Waals surface area contributed by atoms with Gasteiger partial charge in [0.2, 0.25) is 0 Å². The van der Waals surface area contributed by atoms with E-state index < -0.39 is 0 Å². The maximum atomic E-state index is 12.5. The average Bonchev–Trinajstić information content (AvgIpc) is 3.55. The number of furan rings is 1. The van der Waals surface area contributed by atoms with Gasteiger partial charge in [0.05, 0.1) is 28.8 Å². The lowest BCUT2D eigenvalue weighted by atomic mass is 10.1. The highest BCUT2D eigenvalue weighted by atomic mass is 32.2. The second kappa shape index (κ2) is 9.63. The SMILES string of the molecule is CCOC(=O)c1ccc(-c2ccc(/C=C3\S/C(=N\N=C4\c5ccccc5NC4C)NC3=O)o2)cc1. The van der Waals surface area contributed by atoms with Gasteiger partial charge in [-0.1, -0.05) is 30.3 Å². The van der Waals surface area contributed by atoms with E-state index in [1.807, 2.05) is 37.3 Å². The molecule has 1 unspecified atom stereocenters. The summed E-state index contributed by atoms with van der Waals surface area (Å²) in [7, 11) is 0. The summed E-state index contributed by atoms with van der Waals surface area (Å²) < 4.78 is 10.9. The van der Waals surface area contributed by atoms with E-state index in [1.165, 1.54) is 11.8 Å². The first kappa shape index (κ1) is 22.7. The fourth-order valence-corrected chi connectivity index (χ4v) is 4.53. The molecule has 0 saturated carbocycles. The molecular formula is C26H22N4O4S. The van der Waals surface area contributed by atoms with Gasteiger partial charge < -0.3 is 14.5 Å². The topological polar surface area (TPSA) is 105 Å². The molecule has 0 aliphatic carbocycles. The van der Waals surface area contributed by atoms with E-state index in [4.69, 9.17) is 9.15 Å². The number of fused-ring (bicyclic) bond motifs is 1. The first-order valence-electron chi connectivity index (χ1n) is 11.1. The highest BCUT2D eigenvalue weighted by molar-refractivity contribution is 8.18. The van der Waals surface area contributed by atoms with Gasteiger partial charge in [0.1, 0.15) is 11.5 Å². The Hall–Kier alpha value is -4.11. The predicted octanol–water partition coefficient (Wildman–Crippen LogP) is 4.90. The summed E-state index contributed by atoms with van der Waals surface area (Å²) in [5.41, 5.74) is 4.14. The highest BCUT2D eigenvalue weighted by Gasteiger charge is 2.26. The van der Waals surface area contributed by atoms with Crippen molar-refractivity contribution < 1.29 is 18.7 Å². The number of hydrogen-bond donors (Lipinski definition) is 2. The molecule has 176 valence electrons. The van der Waals surface area contributed by atoms with Gasteiger partial charge in [0.25, 0.3) is 5.91 Å². The van der Waals surface area contributed by atoms with Gasteiger partial charge in [-0.25, -0.2) is 4.79 Å². The summed E-state index contributed by atoms with van der Waals surface area (Å²) in [6, 6.07) is 18.5. The van der Waals surface area contributed by atoms with E-state index in [2.05, 4.69) is 20.8 Å². The van der Waals surface area contributed by atoms with Crippen molar-refractivity contribution in [3.05, 3.63) is 82.5 Å². The van der Waals surface area contributed by atoms with E-state index in [1.54, 1.807) is 43.3 Å². The molecule has 3 aromatic rings. The quantitative estimate of drug-likeness (QED) is 0.302. The van der Waals surface area contributed by atoms with Gasteiger partial charge in [0, 0.05) is 22.9 Å². The third-order valence-electron chi connectivity index (χ3n) is 5.47. The number of amidine groups is 1. The monoisotopic (exact) mass is 486 g/mol. The van der Waals surface area contributed by atoms with Crippen LogP contribution in [0.5, 0.6) is 0 Å². The predicted molar refractivity (Wildman–Crippen MR) is 137 cm³/mol. The standard InChI is InChI=1S/C26H22N4O4S/c1-3-33-25(32)17-10-8-16(9-11-17)21-13-12-18(34-21)14-22-24(31)28-26(35-22)30-29-23-15(2)27-20-7-5-4-6-19(20)23/h4-15,27H,3H2,1-2H3,(H,28,30,31)/b22-14-,29-23+. The van der Waals surface area contributed by atoms with E-state index in [9.17, 15) is 9.59 Å². The fourth-order valence-electron chi connectivity index (χ4n) is 3.78. The van der Waals surface area contributed by atoms with Gasteiger partial charge in [-0.05, 0) is 55.9 Å². The molecule has 5 rings (SSSR count). The number of nitrogens with zero attached hydrogens (tertiary/aromatic N) is 2. The van der Waals surface area contributed by atoms with Crippen LogP contribution in [0.3, 0.4) is 0 Å². The van der Waals surface area contributed by atoms with Crippen molar-refractivity contribution in [2.45, 2.75) is 19.9 Å². The molecule has 0 spiro atoms. The Morgan fingerprint density at radius 1 is 1.11 bits per heavy atom. The number of ether oxygens (including phenoxy) is 1. The number of carbonyl (C=O) groups is 2. The summed E-state index contributed by atoms with van der Waals surface area (Å²) in [6.45, 7) is 4.11. The lowest BCUT2D eigenvalue weighted by molar-refractivity contribution is -0.115. The maximum Gasteiger partial charge on any atom is 0.338 e. The van der Waals surface area contributed by atoms with E-state index in [0.29, 0.717) is 33.8 Å². The van der Waals surface area contributed by atoms with Crippen LogP contribution in [0.2, 0.25) is 0 Å². The minimum atomic E-state index is -0.362. The molecule has 1 aromatic heterocycles. The summed E-state index contributed by atoms with van der Waals surface area (Å²) in [5, 5.41) is 15.2. The zero-order valence-corrected chi connectivity index (χ0v) is 19.9. The zero-order valence-electron chi connectivity index (χ0n) is 19.1.